The van der Waals surface area contributed by atoms with Crippen LogP contribution in [0.5, 0.6) is 0 Å². The number of hydroxylamine groups is 2. The van der Waals surface area contributed by atoms with Crippen LogP contribution in [-0.4, -0.2) is 40.6 Å². The molecular formula is C15H24N2O6. The number of carbonyl (C=O) groups excluding carboxylic acids is 4. The summed E-state index contributed by atoms with van der Waals surface area (Å²) in [6.45, 7) is 8.69. The molecule has 0 aliphatic carbocycles. The highest BCUT2D eigenvalue weighted by atomic mass is 16.7. The molecule has 23 heavy (non-hydrogen) atoms. The van der Waals surface area contributed by atoms with Crippen molar-refractivity contribution in [1.82, 2.24) is 10.4 Å². The van der Waals surface area contributed by atoms with Crippen LogP contribution in [-0.2, 0) is 24.0 Å². The predicted octanol–water partition coefficient (Wildman–Crippen LogP) is 1.53. The van der Waals surface area contributed by atoms with Crippen LogP contribution < -0.4 is 5.32 Å². The maximum absolute atomic E-state index is 12.3. The lowest BCUT2D eigenvalue weighted by Gasteiger charge is -2.26. The second kappa shape index (κ2) is 7.43. The molecule has 0 saturated carbocycles. The van der Waals surface area contributed by atoms with Gasteiger partial charge >= 0.3 is 12.1 Å². The number of nitrogens with zero attached hydrogens (tertiary/aromatic N) is 1. The molecule has 0 aromatic carbocycles. The van der Waals surface area contributed by atoms with Gasteiger partial charge in [-0.25, -0.2) is 9.59 Å². The molecule has 1 rings (SSSR count). The zero-order chi connectivity index (χ0) is 17.8. The molecule has 1 aliphatic heterocycles. The van der Waals surface area contributed by atoms with Crippen LogP contribution in [0.4, 0.5) is 4.79 Å². The van der Waals surface area contributed by atoms with Crippen LogP contribution in [0.3, 0.4) is 0 Å². The topological polar surface area (TPSA) is 102 Å². The lowest BCUT2D eigenvalue weighted by molar-refractivity contribution is -0.199. The maximum atomic E-state index is 12.3. The van der Waals surface area contributed by atoms with Crippen molar-refractivity contribution in [3.05, 3.63) is 0 Å². The molecule has 1 aliphatic rings. The molecule has 1 N–H and O–H groups in total. The number of hydrogen-bond acceptors (Lipinski definition) is 6. The molecule has 1 heterocycles. The first-order valence-electron chi connectivity index (χ1n) is 7.62. The SMILES string of the molecule is CC[C@H](C)[C@@H](NC(=O)OC(C)(C)C)C(=O)ON1C(=O)CCC1=O. The Morgan fingerprint density at radius 3 is 2.17 bits per heavy atom. The Bertz CT molecular complexity index is 481. The summed E-state index contributed by atoms with van der Waals surface area (Å²) in [5.41, 5.74) is -0.713. The summed E-state index contributed by atoms with van der Waals surface area (Å²) in [6, 6.07) is -1.02. The summed E-state index contributed by atoms with van der Waals surface area (Å²) in [4.78, 5) is 52.0. The van der Waals surface area contributed by atoms with Gasteiger partial charge in [-0.15, -0.1) is 5.06 Å². The smallest absolute Gasteiger partial charge is 0.408 e. The Labute approximate surface area is 135 Å². The number of carbonyl (C=O) groups is 4. The fourth-order valence-electron chi connectivity index (χ4n) is 1.91. The van der Waals surface area contributed by atoms with Gasteiger partial charge in [0.2, 0.25) is 0 Å². The summed E-state index contributed by atoms with van der Waals surface area (Å²) < 4.78 is 5.12. The van der Waals surface area contributed by atoms with E-state index < -0.39 is 35.5 Å². The van der Waals surface area contributed by atoms with Crippen molar-refractivity contribution in [2.75, 3.05) is 0 Å². The van der Waals surface area contributed by atoms with Crippen LogP contribution >= 0.6 is 0 Å². The fourth-order valence-corrected chi connectivity index (χ4v) is 1.91. The first-order chi connectivity index (χ1) is 10.5. The van der Waals surface area contributed by atoms with E-state index in [1.54, 1.807) is 27.7 Å². The van der Waals surface area contributed by atoms with Gasteiger partial charge in [-0.2, -0.15) is 0 Å². The summed E-state index contributed by atoms with van der Waals surface area (Å²) in [5.74, 6) is -2.26. The molecule has 1 saturated heterocycles. The average Bonchev–Trinajstić information content (AvgIpc) is 2.73. The summed E-state index contributed by atoms with van der Waals surface area (Å²) in [7, 11) is 0. The first-order valence-corrected chi connectivity index (χ1v) is 7.62. The Balaban J connectivity index is 2.77. The van der Waals surface area contributed by atoms with Gasteiger partial charge in [0.05, 0.1) is 0 Å². The summed E-state index contributed by atoms with van der Waals surface area (Å²) in [6.07, 6.45) is -0.157. The van der Waals surface area contributed by atoms with E-state index in [0.717, 1.165) is 0 Å². The molecule has 8 nitrogen and oxygen atoms in total. The second-order valence-corrected chi connectivity index (χ2v) is 6.50. The van der Waals surface area contributed by atoms with Crippen molar-refractivity contribution >= 4 is 23.9 Å². The number of rotatable bonds is 5. The molecule has 1 fully saturated rings. The fraction of sp³-hybridized carbons (Fsp3) is 0.733. The van der Waals surface area contributed by atoms with Gasteiger partial charge in [0.25, 0.3) is 11.8 Å². The molecular weight excluding hydrogens is 304 g/mol. The van der Waals surface area contributed by atoms with E-state index >= 15 is 0 Å². The number of alkyl carbamates (subject to hydrolysis) is 1. The van der Waals surface area contributed by atoms with Gasteiger partial charge in [-0.05, 0) is 26.7 Å². The molecule has 0 aromatic heterocycles. The van der Waals surface area contributed by atoms with E-state index in [9.17, 15) is 19.2 Å². The van der Waals surface area contributed by atoms with Crippen LogP contribution in [0.1, 0.15) is 53.9 Å². The lowest BCUT2D eigenvalue weighted by Crippen LogP contribution is -2.49. The van der Waals surface area contributed by atoms with Gasteiger partial charge in [0.1, 0.15) is 11.6 Å². The summed E-state index contributed by atoms with van der Waals surface area (Å²) >= 11 is 0. The van der Waals surface area contributed by atoms with E-state index in [2.05, 4.69) is 5.32 Å². The van der Waals surface area contributed by atoms with Crippen molar-refractivity contribution in [3.8, 4) is 0 Å². The van der Waals surface area contributed by atoms with Gasteiger partial charge < -0.3 is 14.9 Å². The highest BCUT2D eigenvalue weighted by Crippen LogP contribution is 2.16. The number of nitrogens with one attached hydrogen (secondary N) is 1. The van der Waals surface area contributed by atoms with Gasteiger partial charge in [0.15, 0.2) is 0 Å². The maximum Gasteiger partial charge on any atom is 0.408 e. The number of hydrogen-bond donors (Lipinski definition) is 1. The van der Waals surface area contributed by atoms with E-state index in [1.807, 2.05) is 6.92 Å². The second-order valence-electron chi connectivity index (χ2n) is 6.50. The van der Waals surface area contributed by atoms with Crippen LogP contribution in [0.15, 0.2) is 0 Å². The van der Waals surface area contributed by atoms with Gasteiger partial charge in [0, 0.05) is 12.8 Å². The minimum atomic E-state index is -1.02. The molecule has 0 unspecified atom stereocenters. The van der Waals surface area contributed by atoms with Crippen molar-refractivity contribution < 1.29 is 28.8 Å². The Kier molecular flexibility index (Phi) is 6.12. The molecule has 130 valence electrons. The van der Waals surface area contributed by atoms with Crippen LogP contribution in [0.25, 0.3) is 0 Å². The van der Waals surface area contributed by atoms with E-state index in [-0.39, 0.29) is 18.8 Å². The third kappa shape index (κ3) is 5.54. The number of ether oxygens (including phenoxy) is 1. The van der Waals surface area contributed by atoms with E-state index in [0.29, 0.717) is 11.5 Å². The molecule has 2 atom stereocenters. The molecule has 0 aromatic rings. The van der Waals surface area contributed by atoms with E-state index in [4.69, 9.17) is 9.57 Å². The molecule has 0 spiro atoms. The molecule has 0 bridgehead atoms. The normalized spacial score (nSPS) is 17.7. The molecule has 3 amide bonds. The highest BCUT2D eigenvalue weighted by Gasteiger charge is 2.37. The standard InChI is InChI=1S/C15H24N2O6/c1-6-9(2)12(16-14(21)22-15(3,4)5)13(20)23-17-10(18)7-8-11(17)19/h9,12H,6-8H2,1-5H3,(H,16,21)/t9-,12+/m0/s1. The van der Waals surface area contributed by atoms with Gasteiger partial charge in [-0.3, -0.25) is 9.59 Å². The number of amides is 3. The minimum absolute atomic E-state index is 0.0135. The third-order valence-electron chi connectivity index (χ3n) is 3.33. The van der Waals surface area contributed by atoms with Crippen molar-refractivity contribution in [3.63, 3.8) is 0 Å². The molecule has 8 heteroatoms. The lowest BCUT2D eigenvalue weighted by atomic mass is 9.99. The van der Waals surface area contributed by atoms with Crippen LogP contribution in [0.2, 0.25) is 0 Å². The Hall–Kier alpha value is -2.12. The highest BCUT2D eigenvalue weighted by molar-refractivity contribution is 6.01. The third-order valence-corrected chi connectivity index (χ3v) is 3.33. The Morgan fingerprint density at radius 2 is 1.74 bits per heavy atom. The van der Waals surface area contributed by atoms with Gasteiger partial charge in [-0.1, -0.05) is 20.3 Å². The summed E-state index contributed by atoms with van der Waals surface area (Å²) in [5, 5.41) is 2.91. The monoisotopic (exact) mass is 328 g/mol. The van der Waals surface area contributed by atoms with E-state index in [1.165, 1.54) is 0 Å². The Morgan fingerprint density at radius 1 is 1.22 bits per heavy atom. The quantitative estimate of drug-likeness (QED) is 0.768. The number of imide groups is 1. The van der Waals surface area contributed by atoms with Crippen molar-refractivity contribution in [2.45, 2.75) is 65.5 Å². The average molecular weight is 328 g/mol. The predicted molar refractivity (Wildman–Crippen MR) is 79.8 cm³/mol. The zero-order valence-electron chi connectivity index (χ0n) is 14.2. The molecule has 0 radical (unpaired) electrons. The first kappa shape index (κ1) is 18.9. The van der Waals surface area contributed by atoms with Crippen molar-refractivity contribution in [2.24, 2.45) is 5.92 Å². The largest absolute Gasteiger partial charge is 0.444 e. The van der Waals surface area contributed by atoms with Crippen molar-refractivity contribution in [1.29, 1.82) is 0 Å². The minimum Gasteiger partial charge on any atom is -0.444 e. The zero-order valence-corrected chi connectivity index (χ0v) is 14.2. The van der Waals surface area contributed by atoms with Crippen LogP contribution in [0, 0.1) is 5.92 Å².